The van der Waals surface area contributed by atoms with Crippen molar-refractivity contribution < 1.29 is 4.74 Å². The summed E-state index contributed by atoms with van der Waals surface area (Å²) < 4.78 is 6.42. The first-order chi connectivity index (χ1) is 12.1. The maximum absolute atomic E-state index is 5.38. The predicted octanol–water partition coefficient (Wildman–Crippen LogP) is 4.91. The Morgan fingerprint density at radius 1 is 1.00 bits per heavy atom. The molecule has 0 bridgehead atoms. The minimum Gasteiger partial charge on any atom is -0.496 e. The number of rotatable bonds is 6. The fourth-order valence-corrected chi connectivity index (χ4v) is 2.70. The maximum Gasteiger partial charge on any atom is 0.136 e. The Morgan fingerprint density at radius 3 is 2.48 bits per heavy atom. The van der Waals surface area contributed by atoms with Crippen molar-refractivity contribution in [1.29, 1.82) is 0 Å². The topological polar surface area (TPSA) is 59.1 Å². The molecule has 0 amide bonds. The second-order valence-electron chi connectivity index (χ2n) is 5.48. The van der Waals surface area contributed by atoms with Gasteiger partial charge < -0.3 is 15.4 Å². The molecule has 0 aliphatic rings. The van der Waals surface area contributed by atoms with Crippen LogP contribution >= 0.6 is 15.9 Å². The predicted molar refractivity (Wildman–Crippen MR) is 105 cm³/mol. The first-order valence-corrected chi connectivity index (χ1v) is 8.67. The molecule has 0 spiro atoms. The normalized spacial score (nSPS) is 10.4. The molecule has 1 heterocycles. The summed E-state index contributed by atoms with van der Waals surface area (Å²) in [7, 11) is 1.67. The summed E-state index contributed by atoms with van der Waals surface area (Å²) in [6.45, 7) is 2.50. The number of para-hydroxylation sites is 1. The van der Waals surface area contributed by atoms with Crippen LogP contribution in [0.5, 0.6) is 5.75 Å². The molecule has 5 nitrogen and oxygen atoms in total. The van der Waals surface area contributed by atoms with Gasteiger partial charge in [-0.1, -0.05) is 34.1 Å². The van der Waals surface area contributed by atoms with Crippen molar-refractivity contribution in [3.05, 3.63) is 70.5 Å². The molecule has 6 heteroatoms. The number of ether oxygens (including phenoxy) is 1. The van der Waals surface area contributed by atoms with Gasteiger partial charge in [-0.15, -0.1) is 0 Å². The van der Waals surface area contributed by atoms with Gasteiger partial charge in [0.2, 0.25) is 0 Å². The average molecular weight is 399 g/mol. The monoisotopic (exact) mass is 398 g/mol. The molecule has 0 aliphatic carbocycles. The highest BCUT2D eigenvalue weighted by molar-refractivity contribution is 9.10. The summed E-state index contributed by atoms with van der Waals surface area (Å²) >= 11 is 3.43. The van der Waals surface area contributed by atoms with E-state index in [2.05, 4.69) is 36.5 Å². The molecule has 128 valence electrons. The number of aromatic nitrogens is 2. The zero-order valence-electron chi connectivity index (χ0n) is 14.1. The van der Waals surface area contributed by atoms with E-state index in [1.54, 1.807) is 7.11 Å². The Hall–Kier alpha value is -2.60. The molecule has 0 radical (unpaired) electrons. The van der Waals surface area contributed by atoms with Crippen molar-refractivity contribution in [3.63, 3.8) is 0 Å². The van der Waals surface area contributed by atoms with Gasteiger partial charge in [0.05, 0.1) is 7.11 Å². The van der Waals surface area contributed by atoms with E-state index in [0.717, 1.165) is 33.1 Å². The summed E-state index contributed by atoms with van der Waals surface area (Å²) in [5.41, 5.74) is 2.04. The molecule has 2 N–H and O–H groups in total. The molecule has 3 aromatic rings. The van der Waals surface area contributed by atoms with Gasteiger partial charge in [0.15, 0.2) is 0 Å². The molecule has 0 saturated carbocycles. The van der Waals surface area contributed by atoms with E-state index in [4.69, 9.17) is 4.74 Å². The molecule has 0 unspecified atom stereocenters. The molecular weight excluding hydrogens is 380 g/mol. The largest absolute Gasteiger partial charge is 0.496 e. The average Bonchev–Trinajstić information content (AvgIpc) is 2.62. The Bertz CT molecular complexity index is 852. The number of benzene rings is 2. The number of methoxy groups -OCH3 is 1. The van der Waals surface area contributed by atoms with Crippen molar-refractivity contribution >= 4 is 33.3 Å². The van der Waals surface area contributed by atoms with Gasteiger partial charge in [-0.05, 0) is 37.3 Å². The molecule has 0 aliphatic heterocycles. The van der Waals surface area contributed by atoms with E-state index in [1.165, 1.54) is 0 Å². The summed E-state index contributed by atoms with van der Waals surface area (Å²) in [5.74, 6) is 3.06. The van der Waals surface area contributed by atoms with Crippen molar-refractivity contribution in [1.82, 2.24) is 9.97 Å². The minimum atomic E-state index is 0.623. The Labute approximate surface area is 155 Å². The lowest BCUT2D eigenvalue weighted by atomic mass is 10.2. The smallest absolute Gasteiger partial charge is 0.136 e. The van der Waals surface area contributed by atoms with Crippen LogP contribution in [-0.4, -0.2) is 17.1 Å². The highest BCUT2D eigenvalue weighted by Crippen LogP contribution is 2.21. The second kappa shape index (κ2) is 7.98. The lowest BCUT2D eigenvalue weighted by molar-refractivity contribution is 0.410. The molecule has 25 heavy (non-hydrogen) atoms. The molecule has 1 aromatic heterocycles. The van der Waals surface area contributed by atoms with E-state index >= 15 is 0 Å². The van der Waals surface area contributed by atoms with Gasteiger partial charge in [-0.2, -0.15) is 0 Å². The van der Waals surface area contributed by atoms with E-state index in [-0.39, 0.29) is 0 Å². The fourth-order valence-electron chi connectivity index (χ4n) is 2.44. The SMILES string of the molecule is COc1ccccc1CNc1cc(Nc2ccc(Br)cc2)nc(C)n1. The molecular formula is C19H19BrN4O. The van der Waals surface area contributed by atoms with Crippen molar-refractivity contribution in [2.45, 2.75) is 13.5 Å². The maximum atomic E-state index is 5.38. The third-order valence-electron chi connectivity index (χ3n) is 3.61. The zero-order chi connectivity index (χ0) is 17.6. The van der Waals surface area contributed by atoms with Crippen LogP contribution in [0.4, 0.5) is 17.3 Å². The van der Waals surface area contributed by atoms with Crippen molar-refractivity contribution in [3.8, 4) is 5.75 Å². The van der Waals surface area contributed by atoms with Crippen molar-refractivity contribution in [2.24, 2.45) is 0 Å². The summed E-state index contributed by atoms with van der Waals surface area (Å²) in [6, 6.07) is 17.8. The molecule has 0 atom stereocenters. The Balaban J connectivity index is 1.74. The van der Waals surface area contributed by atoms with Crippen molar-refractivity contribution in [2.75, 3.05) is 17.7 Å². The molecule has 0 fully saturated rings. The van der Waals surface area contributed by atoms with Crippen LogP contribution < -0.4 is 15.4 Å². The minimum absolute atomic E-state index is 0.623. The van der Waals surface area contributed by atoms with Crippen LogP contribution in [-0.2, 0) is 6.54 Å². The Kier molecular flexibility index (Phi) is 5.50. The van der Waals surface area contributed by atoms with Gasteiger partial charge in [-0.25, -0.2) is 9.97 Å². The van der Waals surface area contributed by atoms with Crippen LogP contribution in [0.3, 0.4) is 0 Å². The molecule has 2 aromatic carbocycles. The van der Waals surface area contributed by atoms with E-state index < -0.39 is 0 Å². The summed E-state index contributed by atoms with van der Waals surface area (Å²) in [4.78, 5) is 8.89. The van der Waals surface area contributed by atoms with Crippen LogP contribution in [0.25, 0.3) is 0 Å². The number of aryl methyl sites for hydroxylation is 1. The van der Waals surface area contributed by atoms with Crippen LogP contribution in [0.15, 0.2) is 59.1 Å². The van der Waals surface area contributed by atoms with E-state index in [0.29, 0.717) is 12.4 Å². The van der Waals surface area contributed by atoms with Gasteiger partial charge in [-0.3, -0.25) is 0 Å². The Morgan fingerprint density at radius 2 is 1.72 bits per heavy atom. The van der Waals surface area contributed by atoms with E-state index in [9.17, 15) is 0 Å². The standard InChI is InChI=1S/C19H19BrN4O/c1-13-22-18(21-12-14-5-3-4-6-17(14)25-2)11-19(23-13)24-16-9-7-15(20)8-10-16/h3-11H,12H2,1-2H3,(H2,21,22,23,24). The first-order valence-electron chi connectivity index (χ1n) is 7.88. The lowest BCUT2D eigenvalue weighted by Gasteiger charge is -2.12. The quantitative estimate of drug-likeness (QED) is 0.617. The van der Waals surface area contributed by atoms with Gasteiger partial charge in [0, 0.05) is 28.3 Å². The summed E-state index contributed by atoms with van der Waals surface area (Å²) in [6.07, 6.45) is 0. The highest BCUT2D eigenvalue weighted by atomic mass is 79.9. The molecule has 3 rings (SSSR count). The van der Waals surface area contributed by atoms with Gasteiger partial charge in [0.25, 0.3) is 0 Å². The molecule has 0 saturated heterocycles. The summed E-state index contributed by atoms with van der Waals surface area (Å²) in [5, 5.41) is 6.63. The van der Waals surface area contributed by atoms with Gasteiger partial charge in [0.1, 0.15) is 23.2 Å². The number of nitrogens with one attached hydrogen (secondary N) is 2. The number of nitrogens with zero attached hydrogens (tertiary/aromatic N) is 2. The van der Waals surface area contributed by atoms with Gasteiger partial charge >= 0.3 is 0 Å². The fraction of sp³-hybridized carbons (Fsp3) is 0.158. The third kappa shape index (κ3) is 4.70. The van der Waals surface area contributed by atoms with Crippen LogP contribution in [0.1, 0.15) is 11.4 Å². The highest BCUT2D eigenvalue weighted by Gasteiger charge is 2.05. The van der Waals surface area contributed by atoms with Crippen LogP contribution in [0, 0.1) is 6.92 Å². The first kappa shape index (κ1) is 17.2. The second-order valence-corrected chi connectivity index (χ2v) is 6.40. The number of anilines is 3. The third-order valence-corrected chi connectivity index (χ3v) is 4.14. The number of halogens is 1. The number of hydrogen-bond donors (Lipinski definition) is 2. The number of hydrogen-bond acceptors (Lipinski definition) is 5. The zero-order valence-corrected chi connectivity index (χ0v) is 15.7. The van der Waals surface area contributed by atoms with Crippen LogP contribution in [0.2, 0.25) is 0 Å². The van der Waals surface area contributed by atoms with E-state index in [1.807, 2.05) is 61.5 Å². The lowest BCUT2D eigenvalue weighted by Crippen LogP contribution is -2.06.